The van der Waals surface area contributed by atoms with Crippen molar-refractivity contribution in [3.8, 4) is 0 Å². The van der Waals surface area contributed by atoms with Gasteiger partial charge in [-0.15, -0.1) is 11.3 Å². The number of hydrogen-bond donors (Lipinski definition) is 1. The van der Waals surface area contributed by atoms with Crippen LogP contribution in [0.1, 0.15) is 41.4 Å². The molecular formula is C13H23N3S. The lowest BCUT2D eigenvalue weighted by Gasteiger charge is -2.35. The molecule has 1 aromatic rings. The van der Waals surface area contributed by atoms with Crippen LogP contribution >= 0.6 is 11.3 Å². The fraction of sp³-hybridized carbons (Fsp3) is 0.769. The standard InChI is InChI=1S/C13H23N3S/c1-9-13(17-11(3)15-9)10(2)16(4)12-6-5-7-14-8-12/h10,12,14H,5-8H2,1-4H3. The molecule has 2 atom stereocenters. The van der Waals surface area contributed by atoms with E-state index in [0.717, 1.165) is 6.54 Å². The Balaban J connectivity index is 2.08. The molecule has 4 heteroatoms. The topological polar surface area (TPSA) is 28.2 Å². The molecule has 2 unspecified atom stereocenters. The zero-order chi connectivity index (χ0) is 12.4. The summed E-state index contributed by atoms with van der Waals surface area (Å²) in [4.78, 5) is 8.47. The monoisotopic (exact) mass is 253 g/mol. The normalized spacial score (nSPS) is 23.0. The first kappa shape index (κ1) is 13.0. The lowest BCUT2D eigenvalue weighted by molar-refractivity contribution is 0.158. The third kappa shape index (κ3) is 2.87. The van der Waals surface area contributed by atoms with E-state index in [9.17, 15) is 0 Å². The molecule has 1 aliphatic rings. The molecule has 0 spiro atoms. The van der Waals surface area contributed by atoms with Crippen molar-refractivity contribution in [1.82, 2.24) is 15.2 Å². The summed E-state index contributed by atoms with van der Waals surface area (Å²) >= 11 is 1.84. The second kappa shape index (κ2) is 5.46. The van der Waals surface area contributed by atoms with E-state index >= 15 is 0 Å². The van der Waals surface area contributed by atoms with Crippen molar-refractivity contribution < 1.29 is 0 Å². The fourth-order valence-electron chi connectivity index (χ4n) is 2.62. The molecule has 1 fully saturated rings. The van der Waals surface area contributed by atoms with Crippen molar-refractivity contribution in [3.63, 3.8) is 0 Å². The highest BCUT2D eigenvalue weighted by Gasteiger charge is 2.24. The maximum absolute atomic E-state index is 4.54. The lowest BCUT2D eigenvalue weighted by Crippen LogP contribution is -2.44. The van der Waals surface area contributed by atoms with Crippen LogP contribution in [0, 0.1) is 13.8 Å². The Labute approximate surface area is 108 Å². The second-order valence-corrected chi connectivity index (χ2v) is 6.26. The van der Waals surface area contributed by atoms with Gasteiger partial charge in [-0.1, -0.05) is 0 Å². The van der Waals surface area contributed by atoms with Crippen molar-refractivity contribution in [2.45, 2.75) is 45.7 Å². The number of hydrogen-bond acceptors (Lipinski definition) is 4. The first-order valence-corrected chi connectivity index (χ1v) is 7.28. The highest BCUT2D eigenvalue weighted by atomic mass is 32.1. The molecule has 3 nitrogen and oxygen atoms in total. The van der Waals surface area contributed by atoms with E-state index in [4.69, 9.17) is 0 Å². The van der Waals surface area contributed by atoms with Crippen molar-refractivity contribution in [2.24, 2.45) is 0 Å². The number of thiazole rings is 1. The maximum Gasteiger partial charge on any atom is 0.0900 e. The Hall–Kier alpha value is -0.450. The maximum atomic E-state index is 4.54. The average molecular weight is 253 g/mol. The number of likely N-dealkylation sites (N-methyl/N-ethyl adjacent to an activating group) is 1. The Morgan fingerprint density at radius 3 is 2.76 bits per heavy atom. The van der Waals surface area contributed by atoms with Gasteiger partial charge in [0.25, 0.3) is 0 Å². The van der Waals surface area contributed by atoms with Gasteiger partial charge in [0.2, 0.25) is 0 Å². The van der Waals surface area contributed by atoms with Gasteiger partial charge in [0.15, 0.2) is 0 Å². The van der Waals surface area contributed by atoms with Crippen LogP contribution in [-0.2, 0) is 0 Å². The smallest absolute Gasteiger partial charge is 0.0900 e. The van der Waals surface area contributed by atoms with Crippen molar-refractivity contribution in [2.75, 3.05) is 20.1 Å². The van der Waals surface area contributed by atoms with Gasteiger partial charge in [-0.3, -0.25) is 4.90 Å². The lowest BCUT2D eigenvalue weighted by atomic mass is 10.0. The SMILES string of the molecule is Cc1nc(C)c(C(C)N(C)C2CCCNC2)s1. The van der Waals surface area contributed by atoms with Gasteiger partial charge >= 0.3 is 0 Å². The van der Waals surface area contributed by atoms with Gasteiger partial charge in [-0.2, -0.15) is 0 Å². The zero-order valence-corrected chi connectivity index (χ0v) is 12.1. The summed E-state index contributed by atoms with van der Waals surface area (Å²) in [5.41, 5.74) is 1.20. The summed E-state index contributed by atoms with van der Waals surface area (Å²) in [5.74, 6) is 0. The van der Waals surface area contributed by atoms with E-state index in [0.29, 0.717) is 12.1 Å². The molecule has 17 heavy (non-hydrogen) atoms. The van der Waals surface area contributed by atoms with E-state index in [1.165, 1.54) is 35.0 Å². The molecule has 2 rings (SSSR count). The van der Waals surface area contributed by atoms with Crippen LogP contribution in [0.25, 0.3) is 0 Å². The molecule has 1 N–H and O–H groups in total. The minimum atomic E-state index is 0.478. The van der Waals surface area contributed by atoms with Gasteiger partial charge < -0.3 is 5.32 Å². The summed E-state index contributed by atoms with van der Waals surface area (Å²) < 4.78 is 0. The third-order valence-electron chi connectivity index (χ3n) is 3.78. The Morgan fingerprint density at radius 2 is 2.24 bits per heavy atom. The molecular weight excluding hydrogens is 230 g/mol. The number of rotatable bonds is 3. The van der Waals surface area contributed by atoms with E-state index in [-0.39, 0.29) is 0 Å². The van der Waals surface area contributed by atoms with Gasteiger partial charge in [-0.05, 0) is 47.2 Å². The molecule has 0 aromatic carbocycles. The summed E-state index contributed by atoms with van der Waals surface area (Å²) in [7, 11) is 2.25. The second-order valence-electron chi connectivity index (χ2n) is 5.02. The number of aryl methyl sites for hydroxylation is 2. The van der Waals surface area contributed by atoms with Crippen LogP contribution in [0.3, 0.4) is 0 Å². The largest absolute Gasteiger partial charge is 0.315 e. The van der Waals surface area contributed by atoms with E-state index in [2.05, 4.69) is 43.0 Å². The highest BCUT2D eigenvalue weighted by molar-refractivity contribution is 7.11. The quantitative estimate of drug-likeness (QED) is 0.897. The van der Waals surface area contributed by atoms with Crippen LogP contribution in [-0.4, -0.2) is 36.1 Å². The third-order valence-corrected chi connectivity index (χ3v) is 5.02. The van der Waals surface area contributed by atoms with Crippen LogP contribution < -0.4 is 5.32 Å². The minimum Gasteiger partial charge on any atom is -0.315 e. The van der Waals surface area contributed by atoms with Gasteiger partial charge in [0, 0.05) is 23.5 Å². The predicted octanol–water partition coefficient (Wildman–Crippen LogP) is 2.50. The summed E-state index contributed by atoms with van der Waals surface area (Å²) in [5, 5.41) is 4.67. The van der Waals surface area contributed by atoms with Crippen molar-refractivity contribution in [1.29, 1.82) is 0 Å². The number of nitrogens with one attached hydrogen (secondary N) is 1. The molecule has 0 amide bonds. The van der Waals surface area contributed by atoms with Gasteiger partial charge in [-0.25, -0.2) is 4.98 Å². The molecule has 96 valence electrons. The molecule has 0 aliphatic carbocycles. The van der Waals surface area contributed by atoms with Crippen LogP contribution in [0.15, 0.2) is 0 Å². The van der Waals surface area contributed by atoms with Crippen molar-refractivity contribution >= 4 is 11.3 Å². The summed E-state index contributed by atoms with van der Waals surface area (Å²) in [6, 6.07) is 1.15. The summed E-state index contributed by atoms with van der Waals surface area (Å²) in [6.07, 6.45) is 2.60. The van der Waals surface area contributed by atoms with E-state index < -0.39 is 0 Å². The molecule has 0 radical (unpaired) electrons. The first-order valence-electron chi connectivity index (χ1n) is 6.46. The van der Waals surface area contributed by atoms with Gasteiger partial charge in [0.1, 0.15) is 0 Å². The molecule has 0 bridgehead atoms. The molecule has 1 aliphatic heterocycles. The van der Waals surface area contributed by atoms with Crippen LogP contribution in [0.4, 0.5) is 0 Å². The minimum absolute atomic E-state index is 0.478. The molecule has 0 saturated carbocycles. The average Bonchev–Trinajstić information content (AvgIpc) is 2.68. The first-order chi connectivity index (χ1) is 8.09. The number of nitrogens with zero attached hydrogens (tertiary/aromatic N) is 2. The van der Waals surface area contributed by atoms with E-state index in [1.54, 1.807) is 0 Å². The molecule has 1 saturated heterocycles. The molecule has 1 aromatic heterocycles. The highest BCUT2D eigenvalue weighted by Crippen LogP contribution is 2.30. The number of aromatic nitrogens is 1. The van der Waals surface area contributed by atoms with Crippen molar-refractivity contribution in [3.05, 3.63) is 15.6 Å². The fourth-order valence-corrected chi connectivity index (χ4v) is 3.65. The number of piperidine rings is 1. The van der Waals surface area contributed by atoms with Crippen LogP contribution in [0.2, 0.25) is 0 Å². The Kier molecular flexibility index (Phi) is 4.17. The summed E-state index contributed by atoms with van der Waals surface area (Å²) in [6.45, 7) is 8.82. The molecule has 2 heterocycles. The predicted molar refractivity (Wildman–Crippen MR) is 73.7 cm³/mol. The Morgan fingerprint density at radius 1 is 1.47 bits per heavy atom. The van der Waals surface area contributed by atoms with Gasteiger partial charge in [0.05, 0.1) is 10.7 Å². The zero-order valence-electron chi connectivity index (χ0n) is 11.3. The van der Waals surface area contributed by atoms with Crippen LogP contribution in [0.5, 0.6) is 0 Å². The Bertz CT molecular complexity index is 369. The van der Waals surface area contributed by atoms with E-state index in [1.807, 2.05) is 11.3 Å².